The molecule has 8 heteroatoms. The number of hydrogen-bond acceptors (Lipinski definition) is 5. The molecule has 1 N–H and O–H groups in total. The van der Waals surface area contributed by atoms with Crippen molar-refractivity contribution in [3.63, 3.8) is 0 Å². The third-order valence-electron chi connectivity index (χ3n) is 2.76. The van der Waals surface area contributed by atoms with Crippen LogP contribution >= 0.6 is 11.3 Å². The number of aliphatic carboxylic acids is 1. The lowest BCUT2D eigenvalue weighted by Gasteiger charge is -1.96. The number of rotatable bonds is 4. The monoisotopic (exact) mass is 290 g/mol. The van der Waals surface area contributed by atoms with E-state index in [9.17, 15) is 4.79 Å². The number of fused-ring (bicyclic) bond motifs is 1. The quantitative estimate of drug-likeness (QED) is 0.722. The average molecular weight is 290 g/mol. The van der Waals surface area contributed by atoms with E-state index in [0.29, 0.717) is 12.4 Å². The fourth-order valence-corrected chi connectivity index (χ4v) is 2.68. The normalized spacial score (nSPS) is 11.1. The molecule has 0 bridgehead atoms. The molecular weight excluding hydrogens is 278 g/mol. The van der Waals surface area contributed by atoms with Crippen molar-refractivity contribution in [2.24, 2.45) is 0 Å². The van der Waals surface area contributed by atoms with Crippen LogP contribution in [0.1, 0.15) is 12.2 Å². The Morgan fingerprint density at radius 1 is 1.40 bits per heavy atom. The average Bonchev–Trinajstić information content (AvgIpc) is 2.94. The Morgan fingerprint density at radius 3 is 2.80 bits per heavy atom. The molecule has 0 unspecified atom stereocenters. The molecule has 0 fully saturated rings. The van der Waals surface area contributed by atoms with E-state index in [1.807, 2.05) is 36.0 Å². The number of aromatic nitrogens is 5. The van der Waals surface area contributed by atoms with Gasteiger partial charge in [0, 0.05) is 17.7 Å². The standard InChI is InChI=1S/C12H11N5O2S/c1-8-13-12-17(14-8)15-11(20-12)9-2-5-16(6-3-9)7-4-10(18)19/h2-3,5-6H,4,7H2,1H3/p+1. The van der Waals surface area contributed by atoms with Gasteiger partial charge in [-0.1, -0.05) is 11.3 Å². The highest BCUT2D eigenvalue weighted by Gasteiger charge is 2.11. The van der Waals surface area contributed by atoms with Crippen molar-refractivity contribution in [2.75, 3.05) is 0 Å². The van der Waals surface area contributed by atoms with Crippen LogP contribution in [0.15, 0.2) is 24.5 Å². The van der Waals surface area contributed by atoms with E-state index in [-0.39, 0.29) is 6.42 Å². The topological polar surface area (TPSA) is 84.3 Å². The summed E-state index contributed by atoms with van der Waals surface area (Å²) in [5.41, 5.74) is 0.964. The molecule has 3 aromatic rings. The van der Waals surface area contributed by atoms with Crippen molar-refractivity contribution in [3.05, 3.63) is 30.4 Å². The van der Waals surface area contributed by atoms with Crippen LogP contribution in [0.2, 0.25) is 0 Å². The first kappa shape index (κ1) is 12.7. The molecule has 0 aromatic carbocycles. The van der Waals surface area contributed by atoms with E-state index in [1.54, 1.807) is 0 Å². The molecule has 0 saturated heterocycles. The Bertz CT molecular complexity index is 730. The van der Waals surface area contributed by atoms with Crippen LogP contribution in [0, 0.1) is 6.92 Å². The molecule has 3 aromatic heterocycles. The van der Waals surface area contributed by atoms with Gasteiger partial charge in [0.05, 0.1) is 0 Å². The fourth-order valence-electron chi connectivity index (χ4n) is 1.80. The van der Waals surface area contributed by atoms with Crippen molar-refractivity contribution >= 4 is 22.3 Å². The van der Waals surface area contributed by atoms with Crippen molar-refractivity contribution in [1.29, 1.82) is 0 Å². The van der Waals surface area contributed by atoms with E-state index in [4.69, 9.17) is 5.11 Å². The van der Waals surface area contributed by atoms with E-state index < -0.39 is 5.97 Å². The molecule has 0 saturated carbocycles. The summed E-state index contributed by atoms with van der Waals surface area (Å²) in [5.74, 6) is -0.0981. The largest absolute Gasteiger partial charge is 0.481 e. The molecule has 7 nitrogen and oxygen atoms in total. The van der Waals surface area contributed by atoms with Gasteiger partial charge in [-0.25, -0.2) is 9.55 Å². The van der Waals surface area contributed by atoms with Gasteiger partial charge in [0.25, 0.3) is 0 Å². The second kappa shape index (κ2) is 4.97. The fraction of sp³-hybridized carbons (Fsp3) is 0.250. The molecule has 0 aliphatic rings. The smallest absolute Gasteiger partial charge is 0.309 e. The van der Waals surface area contributed by atoms with Crippen LogP contribution in [0.5, 0.6) is 0 Å². The van der Waals surface area contributed by atoms with Crippen molar-refractivity contribution < 1.29 is 14.5 Å². The number of aryl methyl sites for hydroxylation is 2. The van der Waals surface area contributed by atoms with Gasteiger partial charge in [-0.2, -0.15) is 0 Å². The van der Waals surface area contributed by atoms with Crippen molar-refractivity contribution in [1.82, 2.24) is 19.8 Å². The van der Waals surface area contributed by atoms with Gasteiger partial charge in [0.15, 0.2) is 24.8 Å². The molecule has 20 heavy (non-hydrogen) atoms. The molecular formula is C12H12N5O2S+. The lowest BCUT2D eigenvalue weighted by atomic mass is 10.3. The third-order valence-corrected chi connectivity index (χ3v) is 3.71. The second-order valence-corrected chi connectivity index (χ2v) is 5.26. The predicted molar refractivity (Wildman–Crippen MR) is 71.3 cm³/mol. The molecule has 0 amide bonds. The zero-order valence-corrected chi connectivity index (χ0v) is 11.5. The minimum absolute atomic E-state index is 0.109. The van der Waals surface area contributed by atoms with Crippen LogP contribution in [0.3, 0.4) is 0 Å². The molecule has 0 atom stereocenters. The van der Waals surface area contributed by atoms with Gasteiger partial charge in [-0.3, -0.25) is 4.79 Å². The van der Waals surface area contributed by atoms with E-state index in [0.717, 1.165) is 15.5 Å². The number of nitrogens with zero attached hydrogens (tertiary/aromatic N) is 5. The van der Waals surface area contributed by atoms with Crippen LogP contribution in [0.4, 0.5) is 0 Å². The Hall–Kier alpha value is -2.35. The summed E-state index contributed by atoms with van der Waals surface area (Å²) < 4.78 is 3.36. The van der Waals surface area contributed by atoms with E-state index in [1.165, 1.54) is 16.0 Å². The highest BCUT2D eigenvalue weighted by molar-refractivity contribution is 7.19. The summed E-state index contributed by atoms with van der Waals surface area (Å²) in [7, 11) is 0. The Kier molecular flexibility index (Phi) is 3.15. The summed E-state index contributed by atoms with van der Waals surface area (Å²) in [6.45, 7) is 2.28. The molecule has 0 aliphatic carbocycles. The zero-order chi connectivity index (χ0) is 14.1. The Labute approximate surface area is 118 Å². The summed E-state index contributed by atoms with van der Waals surface area (Å²) >= 11 is 1.47. The Morgan fingerprint density at radius 2 is 2.15 bits per heavy atom. The SMILES string of the molecule is Cc1nc2sc(-c3cc[n+](CCC(=O)O)cc3)nn2n1. The second-order valence-electron chi connectivity index (χ2n) is 4.31. The number of carboxylic acids is 1. The lowest BCUT2D eigenvalue weighted by Crippen LogP contribution is -2.33. The molecule has 0 aliphatic heterocycles. The van der Waals surface area contributed by atoms with Gasteiger partial charge in [0.1, 0.15) is 11.4 Å². The summed E-state index contributed by atoms with van der Waals surface area (Å²) in [6, 6.07) is 3.82. The molecule has 3 rings (SSSR count). The van der Waals surface area contributed by atoms with Gasteiger partial charge in [0.2, 0.25) is 4.96 Å². The molecule has 3 heterocycles. The first-order valence-electron chi connectivity index (χ1n) is 6.03. The van der Waals surface area contributed by atoms with Crippen molar-refractivity contribution in [2.45, 2.75) is 19.9 Å². The van der Waals surface area contributed by atoms with Gasteiger partial charge < -0.3 is 5.11 Å². The van der Waals surface area contributed by atoms with Crippen LogP contribution in [0.25, 0.3) is 15.5 Å². The maximum Gasteiger partial charge on any atom is 0.309 e. The highest BCUT2D eigenvalue weighted by Crippen LogP contribution is 2.23. The molecule has 0 radical (unpaired) electrons. The number of carboxylic acid groups (broad SMARTS) is 1. The third kappa shape index (κ3) is 2.50. The Balaban J connectivity index is 1.82. The summed E-state index contributed by atoms with van der Waals surface area (Å²) in [6.07, 6.45) is 3.81. The highest BCUT2D eigenvalue weighted by atomic mass is 32.1. The first-order chi connectivity index (χ1) is 9.61. The van der Waals surface area contributed by atoms with Crippen LogP contribution in [-0.2, 0) is 11.3 Å². The lowest BCUT2D eigenvalue weighted by molar-refractivity contribution is -0.695. The van der Waals surface area contributed by atoms with Gasteiger partial charge in [-0.15, -0.1) is 14.8 Å². The maximum absolute atomic E-state index is 10.5. The number of hydrogen-bond donors (Lipinski definition) is 1. The van der Waals surface area contributed by atoms with Crippen LogP contribution in [-0.4, -0.2) is 30.9 Å². The van der Waals surface area contributed by atoms with Gasteiger partial charge in [-0.05, 0) is 6.92 Å². The zero-order valence-electron chi connectivity index (χ0n) is 10.7. The van der Waals surface area contributed by atoms with E-state index in [2.05, 4.69) is 15.2 Å². The minimum atomic E-state index is -0.802. The summed E-state index contributed by atoms with van der Waals surface area (Å²) in [5, 5.41) is 18.0. The van der Waals surface area contributed by atoms with Crippen LogP contribution < -0.4 is 4.57 Å². The maximum atomic E-state index is 10.5. The van der Waals surface area contributed by atoms with Crippen molar-refractivity contribution in [3.8, 4) is 10.6 Å². The first-order valence-corrected chi connectivity index (χ1v) is 6.85. The van der Waals surface area contributed by atoms with E-state index >= 15 is 0 Å². The van der Waals surface area contributed by atoms with Gasteiger partial charge >= 0.3 is 5.97 Å². The molecule has 102 valence electrons. The minimum Gasteiger partial charge on any atom is -0.481 e. The summed E-state index contributed by atoms with van der Waals surface area (Å²) in [4.78, 5) is 15.5. The molecule has 0 spiro atoms. The predicted octanol–water partition coefficient (Wildman–Crippen LogP) is 0.923. The number of carbonyl (C=O) groups is 1. The number of pyridine rings is 1.